The summed E-state index contributed by atoms with van der Waals surface area (Å²) in [5.41, 5.74) is 9.39. The molecule has 0 unspecified atom stereocenters. The fourth-order valence-corrected chi connectivity index (χ4v) is 2.01. The molecule has 3 heteroatoms. The molecule has 0 atom stereocenters. The van der Waals surface area contributed by atoms with Crippen molar-refractivity contribution in [2.75, 3.05) is 6.54 Å². The van der Waals surface area contributed by atoms with Crippen LogP contribution in [0.2, 0.25) is 0 Å². The topological polar surface area (TPSA) is 26.0 Å². The van der Waals surface area contributed by atoms with Gasteiger partial charge in [-0.3, -0.25) is 0 Å². The van der Waals surface area contributed by atoms with Gasteiger partial charge in [-0.05, 0) is 43.9 Å². The van der Waals surface area contributed by atoms with Crippen LogP contribution in [-0.4, -0.2) is 12.5 Å². The third kappa shape index (κ3) is 3.27. The van der Waals surface area contributed by atoms with Crippen LogP contribution >= 0.6 is 0 Å². The second kappa shape index (κ2) is 4.91. The maximum Gasteiger partial charge on any atom is 0.260 e. The predicted molar refractivity (Wildman–Crippen MR) is 63.0 cm³/mol. The maximum atomic E-state index is 13.1. The molecule has 0 aliphatic carbocycles. The number of benzene rings is 1. The molecule has 1 aromatic carbocycles. The molecule has 0 saturated carbocycles. The van der Waals surface area contributed by atoms with Crippen LogP contribution in [0.25, 0.3) is 0 Å². The van der Waals surface area contributed by atoms with Crippen molar-refractivity contribution in [1.82, 2.24) is 0 Å². The second-order valence-corrected chi connectivity index (χ2v) is 4.44. The van der Waals surface area contributed by atoms with Crippen LogP contribution in [0.5, 0.6) is 0 Å². The Labute approximate surface area is 95.7 Å². The van der Waals surface area contributed by atoms with Crippen LogP contribution < -0.4 is 5.73 Å². The second-order valence-electron chi connectivity index (χ2n) is 4.44. The number of rotatable bonds is 4. The minimum Gasteiger partial charge on any atom is -0.325 e. The smallest absolute Gasteiger partial charge is 0.260 e. The van der Waals surface area contributed by atoms with E-state index in [2.05, 4.69) is 0 Å². The molecule has 1 rings (SSSR count). The van der Waals surface area contributed by atoms with E-state index in [1.807, 2.05) is 32.9 Å². The van der Waals surface area contributed by atoms with E-state index in [4.69, 9.17) is 5.73 Å². The van der Waals surface area contributed by atoms with Crippen molar-refractivity contribution in [1.29, 1.82) is 0 Å². The maximum absolute atomic E-state index is 13.1. The quantitative estimate of drug-likeness (QED) is 0.840. The van der Waals surface area contributed by atoms with Crippen molar-refractivity contribution in [3.63, 3.8) is 0 Å². The van der Waals surface area contributed by atoms with Crippen molar-refractivity contribution >= 4 is 0 Å². The molecule has 0 spiro atoms. The van der Waals surface area contributed by atoms with Gasteiger partial charge in [-0.2, -0.15) is 0 Å². The fraction of sp³-hybridized carbons (Fsp3) is 0.538. The van der Waals surface area contributed by atoms with Crippen LogP contribution in [0.15, 0.2) is 12.1 Å². The van der Waals surface area contributed by atoms with Crippen LogP contribution in [-0.2, 0) is 6.42 Å². The molecule has 1 nitrogen and oxygen atoms in total. The zero-order valence-electron chi connectivity index (χ0n) is 10.1. The molecule has 0 aliphatic rings. The van der Waals surface area contributed by atoms with E-state index in [0.717, 1.165) is 16.7 Å². The molecule has 2 N–H and O–H groups in total. The molecule has 90 valence electrons. The summed E-state index contributed by atoms with van der Waals surface area (Å²) in [4.78, 5) is 0. The van der Waals surface area contributed by atoms with E-state index < -0.39 is 12.5 Å². The van der Waals surface area contributed by atoms with E-state index in [9.17, 15) is 8.78 Å². The van der Waals surface area contributed by atoms with E-state index >= 15 is 0 Å². The van der Waals surface area contributed by atoms with Gasteiger partial charge in [0.15, 0.2) is 0 Å². The summed E-state index contributed by atoms with van der Waals surface area (Å²) in [6, 6.07) is 4.06. The van der Waals surface area contributed by atoms with Gasteiger partial charge >= 0.3 is 0 Å². The Bertz CT molecular complexity index is 349. The third-order valence-electron chi connectivity index (χ3n) is 2.88. The van der Waals surface area contributed by atoms with Gasteiger partial charge in [0.25, 0.3) is 5.92 Å². The van der Waals surface area contributed by atoms with Crippen molar-refractivity contribution < 1.29 is 8.78 Å². The lowest BCUT2D eigenvalue weighted by Crippen LogP contribution is -2.28. The molecule has 0 heterocycles. The standard InChI is InChI=1S/C13H19F2N/c1-9-6-10(2)12(11(3)7-9)4-5-13(14,15)8-16/h6-7H,4-5,8,16H2,1-3H3. The predicted octanol–water partition coefficient (Wildman–Crippen LogP) is 3.14. The summed E-state index contributed by atoms with van der Waals surface area (Å²) in [5, 5.41) is 0. The molecular formula is C13H19F2N. The Balaban J connectivity index is 2.82. The minimum absolute atomic E-state index is 0.172. The monoisotopic (exact) mass is 227 g/mol. The molecule has 0 amide bonds. The van der Waals surface area contributed by atoms with Crippen molar-refractivity contribution in [3.05, 3.63) is 34.4 Å². The van der Waals surface area contributed by atoms with Gasteiger partial charge in [0.2, 0.25) is 0 Å². The molecule has 0 saturated heterocycles. The minimum atomic E-state index is -2.75. The zero-order chi connectivity index (χ0) is 12.3. The highest BCUT2D eigenvalue weighted by Crippen LogP contribution is 2.23. The number of halogens is 2. The number of nitrogens with two attached hydrogens (primary N) is 1. The largest absolute Gasteiger partial charge is 0.325 e. The first-order chi connectivity index (χ1) is 7.35. The van der Waals surface area contributed by atoms with Gasteiger partial charge < -0.3 is 5.73 Å². The van der Waals surface area contributed by atoms with Crippen LogP contribution in [0, 0.1) is 20.8 Å². The summed E-state index contributed by atoms with van der Waals surface area (Å²) in [5.74, 6) is -2.75. The highest BCUT2D eigenvalue weighted by Gasteiger charge is 2.26. The molecule has 0 radical (unpaired) electrons. The average molecular weight is 227 g/mol. The first-order valence-electron chi connectivity index (χ1n) is 5.50. The van der Waals surface area contributed by atoms with Crippen LogP contribution in [0.3, 0.4) is 0 Å². The summed E-state index contributed by atoms with van der Waals surface area (Å²) in [6.07, 6.45) is 0.219. The highest BCUT2D eigenvalue weighted by atomic mass is 19.3. The van der Waals surface area contributed by atoms with E-state index in [1.165, 1.54) is 5.56 Å². The summed E-state index contributed by atoms with van der Waals surface area (Å²) in [7, 11) is 0. The Kier molecular flexibility index (Phi) is 4.03. The molecular weight excluding hydrogens is 208 g/mol. The van der Waals surface area contributed by atoms with Crippen molar-refractivity contribution in [2.45, 2.75) is 39.5 Å². The molecule has 0 aliphatic heterocycles. The number of hydrogen-bond donors (Lipinski definition) is 1. The molecule has 0 bridgehead atoms. The van der Waals surface area contributed by atoms with Crippen molar-refractivity contribution in [3.8, 4) is 0 Å². The fourth-order valence-electron chi connectivity index (χ4n) is 2.01. The Morgan fingerprint density at radius 2 is 1.62 bits per heavy atom. The molecule has 16 heavy (non-hydrogen) atoms. The number of alkyl halides is 2. The lowest BCUT2D eigenvalue weighted by Gasteiger charge is -2.16. The number of hydrogen-bond acceptors (Lipinski definition) is 1. The van der Waals surface area contributed by atoms with Crippen LogP contribution in [0.4, 0.5) is 8.78 Å². The molecule has 0 fully saturated rings. The summed E-state index contributed by atoms with van der Waals surface area (Å²) < 4.78 is 26.1. The van der Waals surface area contributed by atoms with Crippen molar-refractivity contribution in [2.24, 2.45) is 5.73 Å². The van der Waals surface area contributed by atoms with Gasteiger partial charge in [0.1, 0.15) is 0 Å². The van der Waals surface area contributed by atoms with E-state index in [1.54, 1.807) is 0 Å². The van der Waals surface area contributed by atoms with Gasteiger partial charge in [-0.25, -0.2) is 8.78 Å². The first-order valence-corrected chi connectivity index (χ1v) is 5.50. The Morgan fingerprint density at radius 1 is 1.12 bits per heavy atom. The lowest BCUT2D eigenvalue weighted by atomic mass is 9.95. The summed E-state index contributed by atoms with van der Waals surface area (Å²) in [6.45, 7) is 5.38. The van der Waals surface area contributed by atoms with Gasteiger partial charge in [0, 0.05) is 6.42 Å². The van der Waals surface area contributed by atoms with E-state index in [0.29, 0.717) is 6.42 Å². The Hall–Kier alpha value is -0.960. The highest BCUT2D eigenvalue weighted by molar-refractivity contribution is 5.37. The SMILES string of the molecule is Cc1cc(C)c(CCC(F)(F)CN)c(C)c1. The van der Waals surface area contributed by atoms with Crippen LogP contribution in [0.1, 0.15) is 28.7 Å². The lowest BCUT2D eigenvalue weighted by molar-refractivity contribution is 0.00242. The summed E-state index contributed by atoms with van der Waals surface area (Å²) >= 11 is 0. The van der Waals surface area contributed by atoms with E-state index in [-0.39, 0.29) is 6.42 Å². The normalized spacial score (nSPS) is 11.9. The average Bonchev–Trinajstić information content (AvgIpc) is 2.16. The third-order valence-corrected chi connectivity index (χ3v) is 2.88. The number of aryl methyl sites for hydroxylation is 3. The molecule has 0 aromatic heterocycles. The first kappa shape index (κ1) is 13.1. The van der Waals surface area contributed by atoms with Gasteiger partial charge in [-0.1, -0.05) is 17.7 Å². The Morgan fingerprint density at radius 3 is 2.06 bits per heavy atom. The van der Waals surface area contributed by atoms with Gasteiger partial charge in [0.05, 0.1) is 6.54 Å². The van der Waals surface area contributed by atoms with Gasteiger partial charge in [-0.15, -0.1) is 0 Å². The molecule has 1 aromatic rings. The zero-order valence-corrected chi connectivity index (χ0v) is 10.1.